The van der Waals surface area contributed by atoms with E-state index in [-0.39, 0.29) is 0 Å². The summed E-state index contributed by atoms with van der Waals surface area (Å²) in [5.41, 5.74) is 8.67. The predicted octanol–water partition coefficient (Wildman–Crippen LogP) is 1.67. The molecule has 2 aliphatic rings. The third-order valence-electron chi connectivity index (χ3n) is 4.19. The summed E-state index contributed by atoms with van der Waals surface area (Å²) < 4.78 is 0. The minimum absolute atomic E-state index is 0.377. The molecule has 0 saturated carbocycles. The van der Waals surface area contributed by atoms with Gasteiger partial charge in [-0.05, 0) is 38.5 Å². The summed E-state index contributed by atoms with van der Waals surface area (Å²) >= 11 is 0. The molecule has 0 atom stereocenters. The number of fused-ring (bicyclic) bond motifs is 1. The number of aryl methyl sites for hydroxylation is 1. The van der Waals surface area contributed by atoms with Gasteiger partial charge in [-0.15, -0.1) is 0 Å². The molecule has 1 aromatic rings. The first-order valence-corrected chi connectivity index (χ1v) is 7.18. The van der Waals surface area contributed by atoms with Crippen LogP contribution in [0.3, 0.4) is 0 Å². The number of piperidine rings is 1. The van der Waals surface area contributed by atoms with E-state index >= 15 is 0 Å². The molecule has 2 N–H and O–H groups in total. The summed E-state index contributed by atoms with van der Waals surface area (Å²) in [4.78, 5) is 11.5. The molecule has 1 fully saturated rings. The fourth-order valence-corrected chi connectivity index (χ4v) is 3.06. The molecule has 0 amide bonds. The number of nitrogens with two attached hydrogens (primary N) is 1. The van der Waals surface area contributed by atoms with Crippen LogP contribution in [0.4, 0.5) is 5.82 Å². The maximum atomic E-state index is 5.98. The molecular formula is C14H22N4. The van der Waals surface area contributed by atoms with Crippen LogP contribution in [0.2, 0.25) is 0 Å². The van der Waals surface area contributed by atoms with Crippen molar-refractivity contribution in [1.29, 1.82) is 0 Å². The van der Waals surface area contributed by atoms with Gasteiger partial charge in [-0.3, -0.25) is 0 Å². The van der Waals surface area contributed by atoms with Crippen LogP contribution in [0.15, 0.2) is 6.33 Å². The second kappa shape index (κ2) is 5.22. The first-order valence-electron chi connectivity index (χ1n) is 7.18. The Balaban J connectivity index is 1.87. The standard InChI is InChI=1S/C14H22N4/c15-11-6-8-18(9-7-11)14-12-4-2-1-3-5-13(12)16-10-17-14/h10-11H,1-9,15H2. The van der Waals surface area contributed by atoms with Gasteiger partial charge in [0, 0.05) is 30.4 Å². The number of aromatic nitrogens is 2. The van der Waals surface area contributed by atoms with Crippen LogP contribution in [-0.4, -0.2) is 29.1 Å². The quantitative estimate of drug-likeness (QED) is 0.766. The van der Waals surface area contributed by atoms with Crippen LogP contribution in [0.1, 0.15) is 43.4 Å². The Labute approximate surface area is 109 Å². The maximum absolute atomic E-state index is 5.98. The third kappa shape index (κ3) is 2.34. The number of hydrogen-bond donors (Lipinski definition) is 1. The van der Waals surface area contributed by atoms with Gasteiger partial charge in [-0.25, -0.2) is 9.97 Å². The molecule has 0 bridgehead atoms. The second-order valence-electron chi connectivity index (χ2n) is 5.51. The molecule has 1 saturated heterocycles. The highest BCUT2D eigenvalue weighted by Gasteiger charge is 2.22. The molecule has 18 heavy (non-hydrogen) atoms. The number of nitrogens with zero attached hydrogens (tertiary/aromatic N) is 3. The van der Waals surface area contributed by atoms with E-state index in [4.69, 9.17) is 5.73 Å². The Bertz CT molecular complexity index is 410. The Morgan fingerprint density at radius 3 is 2.67 bits per heavy atom. The van der Waals surface area contributed by atoms with Gasteiger partial charge in [-0.2, -0.15) is 0 Å². The Morgan fingerprint density at radius 2 is 1.83 bits per heavy atom. The van der Waals surface area contributed by atoms with Crippen molar-refractivity contribution in [3.8, 4) is 0 Å². The van der Waals surface area contributed by atoms with Crippen LogP contribution >= 0.6 is 0 Å². The van der Waals surface area contributed by atoms with E-state index in [1.807, 2.05) is 0 Å². The molecule has 3 rings (SSSR count). The predicted molar refractivity (Wildman–Crippen MR) is 72.7 cm³/mol. The zero-order chi connectivity index (χ0) is 12.4. The number of anilines is 1. The highest BCUT2D eigenvalue weighted by molar-refractivity contribution is 5.49. The van der Waals surface area contributed by atoms with Gasteiger partial charge in [0.1, 0.15) is 12.1 Å². The maximum Gasteiger partial charge on any atom is 0.135 e. The molecule has 98 valence electrons. The van der Waals surface area contributed by atoms with E-state index < -0.39 is 0 Å². The summed E-state index contributed by atoms with van der Waals surface area (Å²) in [6.07, 6.45) is 10.0. The summed E-state index contributed by atoms with van der Waals surface area (Å²) in [5.74, 6) is 1.19. The third-order valence-corrected chi connectivity index (χ3v) is 4.19. The summed E-state index contributed by atoms with van der Waals surface area (Å²) in [6, 6.07) is 0.377. The van der Waals surface area contributed by atoms with Gasteiger partial charge >= 0.3 is 0 Å². The van der Waals surface area contributed by atoms with Crippen molar-refractivity contribution in [2.45, 2.75) is 51.0 Å². The lowest BCUT2D eigenvalue weighted by Gasteiger charge is -2.32. The summed E-state index contributed by atoms with van der Waals surface area (Å²) in [5, 5.41) is 0. The lowest BCUT2D eigenvalue weighted by atomic mass is 10.0. The monoisotopic (exact) mass is 246 g/mol. The molecule has 0 spiro atoms. The van der Waals surface area contributed by atoms with E-state index in [0.717, 1.165) is 38.8 Å². The SMILES string of the molecule is NC1CCN(c2ncnc3c2CCCCC3)CC1. The van der Waals surface area contributed by atoms with Crippen molar-refractivity contribution < 1.29 is 0 Å². The normalized spacial score (nSPS) is 21.5. The highest BCUT2D eigenvalue weighted by atomic mass is 15.2. The number of rotatable bonds is 1. The zero-order valence-corrected chi connectivity index (χ0v) is 10.9. The van der Waals surface area contributed by atoms with Gasteiger partial charge in [0.25, 0.3) is 0 Å². The molecule has 2 heterocycles. The van der Waals surface area contributed by atoms with E-state index in [1.165, 1.54) is 36.3 Å². The van der Waals surface area contributed by atoms with Crippen LogP contribution in [0.25, 0.3) is 0 Å². The Hall–Kier alpha value is -1.16. The second-order valence-corrected chi connectivity index (χ2v) is 5.51. The van der Waals surface area contributed by atoms with Gasteiger partial charge in [0.2, 0.25) is 0 Å². The minimum Gasteiger partial charge on any atom is -0.356 e. The van der Waals surface area contributed by atoms with Gasteiger partial charge in [-0.1, -0.05) is 6.42 Å². The average molecular weight is 246 g/mol. The number of hydrogen-bond acceptors (Lipinski definition) is 4. The summed E-state index contributed by atoms with van der Waals surface area (Å²) in [6.45, 7) is 2.09. The fourth-order valence-electron chi connectivity index (χ4n) is 3.06. The van der Waals surface area contributed by atoms with Crippen LogP contribution in [0.5, 0.6) is 0 Å². The van der Waals surface area contributed by atoms with Crippen molar-refractivity contribution >= 4 is 5.82 Å². The molecule has 1 aromatic heterocycles. The average Bonchev–Trinajstić information content (AvgIpc) is 2.64. The largest absolute Gasteiger partial charge is 0.356 e. The molecule has 1 aliphatic carbocycles. The topological polar surface area (TPSA) is 55.0 Å². The Morgan fingerprint density at radius 1 is 1.06 bits per heavy atom. The zero-order valence-electron chi connectivity index (χ0n) is 10.9. The van der Waals surface area contributed by atoms with E-state index in [9.17, 15) is 0 Å². The Kier molecular flexibility index (Phi) is 3.46. The first kappa shape index (κ1) is 11.9. The molecule has 0 unspecified atom stereocenters. The van der Waals surface area contributed by atoms with E-state index in [0.29, 0.717) is 6.04 Å². The molecular weight excluding hydrogens is 224 g/mol. The van der Waals surface area contributed by atoms with Crippen molar-refractivity contribution in [2.75, 3.05) is 18.0 Å². The van der Waals surface area contributed by atoms with Crippen molar-refractivity contribution in [2.24, 2.45) is 5.73 Å². The van der Waals surface area contributed by atoms with Crippen molar-refractivity contribution in [1.82, 2.24) is 9.97 Å². The molecule has 0 aromatic carbocycles. The molecule has 4 heteroatoms. The lowest BCUT2D eigenvalue weighted by Crippen LogP contribution is -2.40. The lowest BCUT2D eigenvalue weighted by molar-refractivity contribution is 0.497. The van der Waals surface area contributed by atoms with Crippen molar-refractivity contribution in [3.05, 3.63) is 17.6 Å². The molecule has 4 nitrogen and oxygen atoms in total. The fraction of sp³-hybridized carbons (Fsp3) is 0.714. The van der Waals surface area contributed by atoms with Gasteiger partial charge < -0.3 is 10.6 Å². The smallest absolute Gasteiger partial charge is 0.135 e. The van der Waals surface area contributed by atoms with Crippen LogP contribution in [-0.2, 0) is 12.8 Å². The molecule has 1 aliphatic heterocycles. The van der Waals surface area contributed by atoms with Gasteiger partial charge in [0.15, 0.2) is 0 Å². The molecule has 0 radical (unpaired) electrons. The van der Waals surface area contributed by atoms with E-state index in [2.05, 4.69) is 14.9 Å². The highest BCUT2D eigenvalue weighted by Crippen LogP contribution is 2.28. The van der Waals surface area contributed by atoms with E-state index in [1.54, 1.807) is 6.33 Å². The van der Waals surface area contributed by atoms with Crippen molar-refractivity contribution in [3.63, 3.8) is 0 Å². The van der Waals surface area contributed by atoms with Crippen LogP contribution < -0.4 is 10.6 Å². The van der Waals surface area contributed by atoms with Gasteiger partial charge in [0.05, 0.1) is 0 Å². The first-order chi connectivity index (χ1) is 8.84. The summed E-state index contributed by atoms with van der Waals surface area (Å²) in [7, 11) is 0. The minimum atomic E-state index is 0.377. The van der Waals surface area contributed by atoms with Crippen LogP contribution in [0, 0.1) is 0 Å².